The number of aliphatic hydroxyl groups excluding tert-OH is 1. The zero-order valence-corrected chi connectivity index (χ0v) is 9.34. The minimum atomic E-state index is 0.304. The minimum absolute atomic E-state index is 0.304. The van der Waals surface area contributed by atoms with Gasteiger partial charge in [0, 0.05) is 6.54 Å². The average molecular weight is 200 g/mol. The summed E-state index contributed by atoms with van der Waals surface area (Å²) in [5, 5.41) is 12.3. The van der Waals surface area contributed by atoms with Crippen molar-refractivity contribution in [1.82, 2.24) is 10.2 Å². The van der Waals surface area contributed by atoms with E-state index in [1.54, 1.807) is 0 Å². The SMILES string of the molecule is CCCNCC1CCN(CCO)CC1. The lowest BCUT2D eigenvalue weighted by Crippen LogP contribution is -2.38. The lowest BCUT2D eigenvalue weighted by atomic mass is 9.97. The maximum absolute atomic E-state index is 8.80. The Balaban J connectivity index is 2.03. The molecule has 3 nitrogen and oxygen atoms in total. The molecule has 0 spiro atoms. The highest BCUT2D eigenvalue weighted by atomic mass is 16.3. The van der Waals surface area contributed by atoms with Gasteiger partial charge in [-0.05, 0) is 51.4 Å². The second-order valence-corrected chi connectivity index (χ2v) is 4.21. The molecule has 0 saturated carbocycles. The molecule has 1 saturated heterocycles. The molecule has 0 amide bonds. The Morgan fingerprint density at radius 1 is 1.36 bits per heavy atom. The van der Waals surface area contributed by atoms with Crippen molar-refractivity contribution in [2.75, 3.05) is 39.3 Å². The summed E-state index contributed by atoms with van der Waals surface area (Å²) in [6.07, 6.45) is 3.80. The Morgan fingerprint density at radius 2 is 2.07 bits per heavy atom. The van der Waals surface area contributed by atoms with Crippen LogP contribution in [0, 0.1) is 5.92 Å². The smallest absolute Gasteiger partial charge is 0.0558 e. The van der Waals surface area contributed by atoms with Gasteiger partial charge in [-0.2, -0.15) is 0 Å². The normalized spacial score (nSPS) is 20.1. The van der Waals surface area contributed by atoms with Gasteiger partial charge >= 0.3 is 0 Å². The highest BCUT2D eigenvalue weighted by molar-refractivity contribution is 4.73. The van der Waals surface area contributed by atoms with Crippen LogP contribution in [0.2, 0.25) is 0 Å². The Bertz CT molecular complexity index is 133. The number of piperidine rings is 1. The van der Waals surface area contributed by atoms with E-state index in [0.29, 0.717) is 6.61 Å². The number of rotatable bonds is 6. The van der Waals surface area contributed by atoms with Gasteiger partial charge in [-0.15, -0.1) is 0 Å². The van der Waals surface area contributed by atoms with E-state index in [2.05, 4.69) is 17.1 Å². The van der Waals surface area contributed by atoms with Crippen LogP contribution >= 0.6 is 0 Å². The van der Waals surface area contributed by atoms with Crippen molar-refractivity contribution in [2.24, 2.45) is 5.92 Å². The molecule has 3 heteroatoms. The Morgan fingerprint density at radius 3 is 2.64 bits per heavy atom. The summed E-state index contributed by atoms with van der Waals surface area (Å²) in [5.74, 6) is 0.858. The monoisotopic (exact) mass is 200 g/mol. The summed E-state index contributed by atoms with van der Waals surface area (Å²) >= 11 is 0. The molecule has 1 rings (SSSR count). The predicted octanol–water partition coefficient (Wildman–Crippen LogP) is 0.690. The van der Waals surface area contributed by atoms with Crippen LogP contribution in [0.5, 0.6) is 0 Å². The quantitative estimate of drug-likeness (QED) is 0.619. The zero-order valence-electron chi connectivity index (χ0n) is 9.34. The van der Waals surface area contributed by atoms with Crippen LogP contribution in [0.25, 0.3) is 0 Å². The molecule has 0 aromatic carbocycles. The fourth-order valence-corrected chi connectivity index (χ4v) is 2.04. The van der Waals surface area contributed by atoms with E-state index >= 15 is 0 Å². The van der Waals surface area contributed by atoms with Gasteiger partial charge in [0.15, 0.2) is 0 Å². The van der Waals surface area contributed by atoms with Gasteiger partial charge < -0.3 is 15.3 Å². The molecule has 84 valence electrons. The summed E-state index contributed by atoms with van der Waals surface area (Å²) < 4.78 is 0. The molecule has 0 unspecified atom stereocenters. The summed E-state index contributed by atoms with van der Waals surface area (Å²) in [4.78, 5) is 2.36. The number of β-amino-alcohol motifs (C(OH)–C–C–N with tert-alkyl or cyclic N) is 1. The Labute approximate surface area is 87.5 Å². The van der Waals surface area contributed by atoms with E-state index in [4.69, 9.17) is 5.11 Å². The van der Waals surface area contributed by atoms with Crippen molar-refractivity contribution in [3.05, 3.63) is 0 Å². The molecule has 2 N–H and O–H groups in total. The van der Waals surface area contributed by atoms with Gasteiger partial charge in [0.05, 0.1) is 6.61 Å². The predicted molar refractivity (Wildman–Crippen MR) is 59.4 cm³/mol. The van der Waals surface area contributed by atoms with Gasteiger partial charge in [0.1, 0.15) is 0 Å². The van der Waals surface area contributed by atoms with Crippen molar-refractivity contribution in [1.29, 1.82) is 0 Å². The van der Waals surface area contributed by atoms with Gasteiger partial charge in [0.25, 0.3) is 0 Å². The van der Waals surface area contributed by atoms with Crippen LogP contribution in [0.1, 0.15) is 26.2 Å². The van der Waals surface area contributed by atoms with E-state index in [1.165, 1.54) is 38.9 Å². The van der Waals surface area contributed by atoms with E-state index in [1.807, 2.05) is 0 Å². The van der Waals surface area contributed by atoms with Crippen molar-refractivity contribution >= 4 is 0 Å². The molecule has 1 fully saturated rings. The first-order valence-electron chi connectivity index (χ1n) is 5.90. The molecule has 0 radical (unpaired) electrons. The van der Waals surface area contributed by atoms with Gasteiger partial charge in [-0.3, -0.25) is 0 Å². The molecule has 14 heavy (non-hydrogen) atoms. The Hall–Kier alpha value is -0.120. The maximum Gasteiger partial charge on any atom is 0.0558 e. The first-order valence-corrected chi connectivity index (χ1v) is 5.90. The van der Waals surface area contributed by atoms with E-state index in [9.17, 15) is 0 Å². The van der Waals surface area contributed by atoms with Crippen molar-refractivity contribution in [2.45, 2.75) is 26.2 Å². The summed E-state index contributed by atoms with van der Waals surface area (Å²) in [6.45, 7) is 8.03. The fourth-order valence-electron chi connectivity index (χ4n) is 2.04. The molecule has 0 aromatic heterocycles. The van der Waals surface area contributed by atoms with Crippen LogP contribution in [-0.4, -0.2) is 49.3 Å². The van der Waals surface area contributed by atoms with Crippen LogP contribution in [0.4, 0.5) is 0 Å². The van der Waals surface area contributed by atoms with E-state index < -0.39 is 0 Å². The molecule has 0 bridgehead atoms. The second kappa shape index (κ2) is 7.21. The summed E-state index contributed by atoms with van der Waals surface area (Å²) in [7, 11) is 0. The number of likely N-dealkylation sites (tertiary alicyclic amines) is 1. The lowest BCUT2D eigenvalue weighted by Gasteiger charge is -2.31. The highest BCUT2D eigenvalue weighted by Crippen LogP contribution is 2.15. The third kappa shape index (κ3) is 4.40. The second-order valence-electron chi connectivity index (χ2n) is 4.21. The largest absolute Gasteiger partial charge is 0.395 e. The number of aliphatic hydroxyl groups is 1. The van der Waals surface area contributed by atoms with Crippen LogP contribution in [0.15, 0.2) is 0 Å². The van der Waals surface area contributed by atoms with Crippen molar-refractivity contribution in [3.8, 4) is 0 Å². The average Bonchev–Trinajstić information content (AvgIpc) is 2.21. The first-order chi connectivity index (χ1) is 6.86. The molecule has 0 aliphatic carbocycles. The van der Waals surface area contributed by atoms with Crippen LogP contribution < -0.4 is 5.32 Å². The third-order valence-electron chi connectivity index (χ3n) is 2.98. The van der Waals surface area contributed by atoms with Crippen LogP contribution in [0.3, 0.4) is 0 Å². The molecule has 1 heterocycles. The minimum Gasteiger partial charge on any atom is -0.395 e. The van der Waals surface area contributed by atoms with E-state index in [0.717, 1.165) is 19.0 Å². The van der Waals surface area contributed by atoms with Gasteiger partial charge in [-0.1, -0.05) is 6.92 Å². The number of hydrogen-bond acceptors (Lipinski definition) is 3. The van der Waals surface area contributed by atoms with E-state index in [-0.39, 0.29) is 0 Å². The molecule has 1 aliphatic rings. The number of nitrogens with zero attached hydrogens (tertiary/aromatic N) is 1. The molecular weight excluding hydrogens is 176 g/mol. The van der Waals surface area contributed by atoms with Gasteiger partial charge in [0.2, 0.25) is 0 Å². The van der Waals surface area contributed by atoms with Crippen molar-refractivity contribution < 1.29 is 5.11 Å². The van der Waals surface area contributed by atoms with Gasteiger partial charge in [-0.25, -0.2) is 0 Å². The summed E-state index contributed by atoms with van der Waals surface area (Å²) in [6, 6.07) is 0. The standard InChI is InChI=1S/C11H24N2O/c1-2-5-12-10-11-3-6-13(7-4-11)8-9-14/h11-12,14H,2-10H2,1H3. The fraction of sp³-hybridized carbons (Fsp3) is 1.00. The third-order valence-corrected chi connectivity index (χ3v) is 2.98. The molecule has 0 aromatic rings. The van der Waals surface area contributed by atoms with Crippen LogP contribution in [-0.2, 0) is 0 Å². The highest BCUT2D eigenvalue weighted by Gasteiger charge is 2.17. The first kappa shape index (κ1) is 12.0. The molecule has 1 aliphatic heterocycles. The summed E-state index contributed by atoms with van der Waals surface area (Å²) in [5.41, 5.74) is 0. The van der Waals surface area contributed by atoms with Crippen molar-refractivity contribution in [3.63, 3.8) is 0 Å². The molecular formula is C11H24N2O. The Kier molecular flexibility index (Phi) is 6.15. The topological polar surface area (TPSA) is 35.5 Å². The maximum atomic E-state index is 8.80. The number of hydrogen-bond donors (Lipinski definition) is 2. The molecule has 0 atom stereocenters. The lowest BCUT2D eigenvalue weighted by molar-refractivity contribution is 0.147. The number of nitrogens with one attached hydrogen (secondary N) is 1. The zero-order chi connectivity index (χ0) is 10.2.